The Morgan fingerprint density at radius 2 is 1.81 bits per heavy atom. The maximum atomic E-state index is 12.5. The molecule has 0 atom stereocenters. The summed E-state index contributed by atoms with van der Waals surface area (Å²) >= 11 is 0. The minimum absolute atomic E-state index is 0.0148. The van der Waals surface area contributed by atoms with E-state index in [1.165, 1.54) is 19.1 Å². The number of hydrogen-bond donors (Lipinski definition) is 1. The van der Waals surface area contributed by atoms with Crippen LogP contribution in [-0.4, -0.2) is 59.2 Å². The topological polar surface area (TPSA) is 96.4 Å². The molecule has 146 valence electrons. The van der Waals surface area contributed by atoms with Crippen LogP contribution in [0.5, 0.6) is 0 Å². The molecule has 2 rings (SSSR count). The number of amides is 2. The molecule has 0 aromatic heterocycles. The lowest BCUT2D eigenvalue weighted by molar-refractivity contribution is -0.174. The number of rotatable bonds is 5. The van der Waals surface area contributed by atoms with E-state index >= 15 is 0 Å². The van der Waals surface area contributed by atoms with Gasteiger partial charge in [0.25, 0.3) is 11.8 Å². The highest BCUT2D eigenvalue weighted by Gasteiger charge is 2.34. The Morgan fingerprint density at radius 1 is 1.22 bits per heavy atom. The second kappa shape index (κ2) is 7.79. The molecular formula is C19H24N2O6. The number of hydrogen-bond acceptors (Lipinski definition) is 6. The number of benzene rings is 1. The maximum absolute atomic E-state index is 12.5. The molecule has 0 unspecified atom stereocenters. The van der Waals surface area contributed by atoms with E-state index in [1.54, 1.807) is 45.0 Å². The Balaban J connectivity index is 2.10. The molecule has 1 aromatic carbocycles. The SMILES string of the molecule is CON(Cc1ccc(C(=O)OC(C)(C)C)cc1)C(=O)C1=C(O)C(=O)N(C)C1. The standard InChI is InChI=1S/C19H24N2O6/c1-19(2,3)27-18(25)13-8-6-12(7-9-13)10-21(26-5)16(23)14-11-20(4)17(24)15(14)22/h6-9,22H,10-11H2,1-5H3. The van der Waals surface area contributed by atoms with Crippen molar-refractivity contribution in [2.75, 3.05) is 20.7 Å². The van der Waals surface area contributed by atoms with Gasteiger partial charge in [0.1, 0.15) is 5.60 Å². The molecule has 0 saturated heterocycles. The molecule has 0 bridgehead atoms. The second-order valence-electron chi connectivity index (χ2n) is 7.21. The third-order valence-electron chi connectivity index (χ3n) is 3.85. The minimum Gasteiger partial charge on any atom is -0.503 e. The van der Waals surface area contributed by atoms with Gasteiger partial charge in [0, 0.05) is 7.05 Å². The number of likely N-dealkylation sites (N-methyl/N-ethyl adjacent to an activating group) is 1. The largest absolute Gasteiger partial charge is 0.503 e. The van der Waals surface area contributed by atoms with Crippen LogP contribution >= 0.6 is 0 Å². The van der Waals surface area contributed by atoms with Gasteiger partial charge in [-0.05, 0) is 38.5 Å². The minimum atomic E-state index is -0.601. The predicted molar refractivity (Wildman–Crippen MR) is 96.5 cm³/mol. The number of carbonyl (C=O) groups excluding carboxylic acids is 3. The Labute approximate surface area is 157 Å². The van der Waals surface area contributed by atoms with Crippen LogP contribution in [0.3, 0.4) is 0 Å². The third kappa shape index (κ3) is 4.85. The van der Waals surface area contributed by atoms with Crippen molar-refractivity contribution in [1.29, 1.82) is 0 Å². The van der Waals surface area contributed by atoms with Gasteiger partial charge < -0.3 is 14.7 Å². The Bertz CT molecular complexity index is 776. The molecule has 8 nitrogen and oxygen atoms in total. The fraction of sp³-hybridized carbons (Fsp3) is 0.421. The molecule has 1 aliphatic heterocycles. The van der Waals surface area contributed by atoms with Gasteiger partial charge in [-0.1, -0.05) is 12.1 Å². The highest BCUT2D eigenvalue weighted by molar-refractivity contribution is 6.06. The summed E-state index contributed by atoms with van der Waals surface area (Å²) in [6.07, 6.45) is 0. The number of nitrogens with zero attached hydrogens (tertiary/aromatic N) is 2. The lowest BCUT2D eigenvalue weighted by atomic mass is 10.1. The lowest BCUT2D eigenvalue weighted by Crippen LogP contribution is -2.32. The lowest BCUT2D eigenvalue weighted by Gasteiger charge is -2.21. The zero-order valence-corrected chi connectivity index (χ0v) is 16.1. The number of aliphatic hydroxyl groups is 1. The van der Waals surface area contributed by atoms with Crippen molar-refractivity contribution in [2.45, 2.75) is 32.9 Å². The summed E-state index contributed by atoms with van der Waals surface area (Å²) in [7, 11) is 2.82. The molecule has 27 heavy (non-hydrogen) atoms. The molecule has 0 fully saturated rings. The van der Waals surface area contributed by atoms with Crippen LogP contribution in [0.1, 0.15) is 36.7 Å². The molecule has 8 heteroatoms. The Morgan fingerprint density at radius 3 is 2.26 bits per heavy atom. The molecule has 1 heterocycles. The molecule has 0 radical (unpaired) electrons. The molecular weight excluding hydrogens is 352 g/mol. The van der Waals surface area contributed by atoms with Crippen molar-refractivity contribution in [3.8, 4) is 0 Å². The average Bonchev–Trinajstić information content (AvgIpc) is 2.85. The highest BCUT2D eigenvalue weighted by atomic mass is 16.7. The Hall–Kier alpha value is -2.87. The predicted octanol–water partition coefficient (Wildman–Crippen LogP) is 1.82. The van der Waals surface area contributed by atoms with Crippen LogP contribution in [0, 0.1) is 0 Å². The smallest absolute Gasteiger partial charge is 0.338 e. The molecule has 1 aliphatic rings. The van der Waals surface area contributed by atoms with Crippen molar-refractivity contribution in [3.05, 3.63) is 46.7 Å². The number of ether oxygens (including phenoxy) is 1. The van der Waals surface area contributed by atoms with E-state index in [0.717, 1.165) is 5.06 Å². The second-order valence-corrected chi connectivity index (χ2v) is 7.21. The number of carbonyl (C=O) groups is 3. The van der Waals surface area contributed by atoms with E-state index in [-0.39, 0.29) is 18.7 Å². The quantitative estimate of drug-likeness (QED) is 0.622. The van der Waals surface area contributed by atoms with Gasteiger partial charge in [0.05, 0.1) is 31.3 Å². The number of hydroxylamine groups is 2. The van der Waals surface area contributed by atoms with E-state index < -0.39 is 29.1 Å². The van der Waals surface area contributed by atoms with Gasteiger partial charge in [-0.3, -0.25) is 14.4 Å². The summed E-state index contributed by atoms with van der Waals surface area (Å²) in [5.41, 5.74) is 0.494. The number of aliphatic hydroxyl groups excluding tert-OH is 1. The Kier molecular flexibility index (Phi) is 5.90. The summed E-state index contributed by atoms with van der Waals surface area (Å²) in [5, 5.41) is 10.9. The third-order valence-corrected chi connectivity index (χ3v) is 3.85. The van der Waals surface area contributed by atoms with Crippen molar-refractivity contribution < 1.29 is 29.1 Å². The summed E-state index contributed by atoms with van der Waals surface area (Å²) in [6, 6.07) is 6.56. The van der Waals surface area contributed by atoms with Crippen molar-refractivity contribution in [3.63, 3.8) is 0 Å². The summed E-state index contributed by atoms with van der Waals surface area (Å²) in [5.74, 6) is -2.19. The fourth-order valence-electron chi connectivity index (χ4n) is 2.48. The van der Waals surface area contributed by atoms with Gasteiger partial charge in [-0.15, -0.1) is 0 Å². The van der Waals surface area contributed by atoms with Gasteiger partial charge in [-0.25, -0.2) is 9.86 Å². The molecule has 2 amide bonds. The maximum Gasteiger partial charge on any atom is 0.338 e. The molecule has 1 aromatic rings. The first-order chi connectivity index (χ1) is 12.5. The van der Waals surface area contributed by atoms with Crippen molar-refractivity contribution in [1.82, 2.24) is 9.96 Å². The van der Waals surface area contributed by atoms with E-state index in [4.69, 9.17) is 9.57 Å². The average molecular weight is 376 g/mol. The summed E-state index contributed by atoms with van der Waals surface area (Å²) < 4.78 is 5.30. The zero-order chi connectivity index (χ0) is 20.4. The first-order valence-corrected chi connectivity index (χ1v) is 8.39. The van der Waals surface area contributed by atoms with Crippen LogP contribution in [0.2, 0.25) is 0 Å². The van der Waals surface area contributed by atoms with Crippen LogP contribution in [0.4, 0.5) is 0 Å². The highest BCUT2D eigenvalue weighted by Crippen LogP contribution is 2.19. The van der Waals surface area contributed by atoms with Gasteiger partial charge in [-0.2, -0.15) is 0 Å². The van der Waals surface area contributed by atoms with E-state index in [0.29, 0.717) is 11.1 Å². The first-order valence-electron chi connectivity index (χ1n) is 8.39. The number of esters is 1. The van der Waals surface area contributed by atoms with Crippen molar-refractivity contribution >= 4 is 17.8 Å². The summed E-state index contributed by atoms with van der Waals surface area (Å²) in [6.45, 7) is 5.46. The van der Waals surface area contributed by atoms with Crippen molar-refractivity contribution in [2.24, 2.45) is 0 Å². The van der Waals surface area contributed by atoms with Gasteiger partial charge in [0.2, 0.25) is 0 Å². The zero-order valence-electron chi connectivity index (χ0n) is 16.1. The molecule has 0 aliphatic carbocycles. The van der Waals surface area contributed by atoms with E-state index in [1.807, 2.05) is 0 Å². The monoisotopic (exact) mass is 376 g/mol. The molecule has 0 spiro atoms. The van der Waals surface area contributed by atoms with Gasteiger partial charge in [0.15, 0.2) is 5.76 Å². The molecule has 1 N–H and O–H groups in total. The van der Waals surface area contributed by atoms with Gasteiger partial charge >= 0.3 is 5.97 Å². The summed E-state index contributed by atoms with van der Waals surface area (Å²) in [4.78, 5) is 42.6. The normalized spacial score (nSPS) is 14.6. The van der Waals surface area contributed by atoms with Crippen LogP contribution in [0.15, 0.2) is 35.6 Å². The van der Waals surface area contributed by atoms with Crippen LogP contribution in [0.25, 0.3) is 0 Å². The van der Waals surface area contributed by atoms with E-state index in [9.17, 15) is 19.5 Å². The molecule has 0 saturated carbocycles. The van der Waals surface area contributed by atoms with Crippen LogP contribution in [-0.2, 0) is 25.7 Å². The fourth-order valence-corrected chi connectivity index (χ4v) is 2.48. The first kappa shape index (κ1) is 20.4. The van der Waals surface area contributed by atoms with E-state index in [2.05, 4.69) is 0 Å². The van der Waals surface area contributed by atoms with Crippen LogP contribution < -0.4 is 0 Å².